The van der Waals surface area contributed by atoms with Crippen molar-refractivity contribution in [2.75, 3.05) is 18.0 Å². The van der Waals surface area contributed by atoms with Crippen LogP contribution in [0.15, 0.2) is 18.2 Å². The van der Waals surface area contributed by atoms with E-state index >= 15 is 0 Å². The molecule has 0 bridgehead atoms. The number of anilines is 1. The van der Waals surface area contributed by atoms with Crippen LogP contribution >= 0.6 is 0 Å². The van der Waals surface area contributed by atoms with Gasteiger partial charge in [0, 0.05) is 13.1 Å². The molecule has 0 saturated carbocycles. The lowest BCUT2D eigenvalue weighted by atomic mass is 10.2. The van der Waals surface area contributed by atoms with E-state index in [-0.39, 0.29) is 18.7 Å². The molecule has 1 aromatic carbocycles. The first-order valence-corrected chi connectivity index (χ1v) is 4.97. The fourth-order valence-corrected chi connectivity index (χ4v) is 1.45. The highest BCUT2D eigenvalue weighted by Gasteiger charge is 2.15. The van der Waals surface area contributed by atoms with Crippen LogP contribution in [0.2, 0.25) is 0 Å². The molecular formula is C11H13F2NO2. The Morgan fingerprint density at radius 2 is 1.94 bits per heavy atom. The zero-order chi connectivity index (χ0) is 12.1. The number of benzene rings is 1. The van der Waals surface area contributed by atoms with Crippen molar-refractivity contribution >= 4 is 11.7 Å². The standard InChI is InChI=1S/C11H13F2NO2/c1-2-14(7-6-10(15)16)11-8(12)4-3-5-9(11)13/h3-5H,2,6-7H2,1H3,(H,15,16). The minimum atomic E-state index is -0.991. The first-order valence-electron chi connectivity index (χ1n) is 4.97. The summed E-state index contributed by atoms with van der Waals surface area (Å²) in [6, 6.07) is 3.59. The highest BCUT2D eigenvalue weighted by Crippen LogP contribution is 2.22. The van der Waals surface area contributed by atoms with Gasteiger partial charge >= 0.3 is 5.97 Å². The van der Waals surface area contributed by atoms with Crippen molar-refractivity contribution < 1.29 is 18.7 Å². The lowest BCUT2D eigenvalue weighted by Crippen LogP contribution is -2.27. The van der Waals surface area contributed by atoms with E-state index in [4.69, 9.17) is 5.11 Å². The number of hydrogen-bond acceptors (Lipinski definition) is 2. The minimum absolute atomic E-state index is 0.0870. The van der Waals surface area contributed by atoms with Gasteiger partial charge in [0.1, 0.15) is 17.3 Å². The number of rotatable bonds is 5. The Hall–Kier alpha value is -1.65. The van der Waals surface area contributed by atoms with Crippen molar-refractivity contribution in [2.45, 2.75) is 13.3 Å². The Kier molecular flexibility index (Phi) is 4.22. The lowest BCUT2D eigenvalue weighted by molar-refractivity contribution is -0.136. The molecule has 0 fully saturated rings. The Morgan fingerprint density at radius 1 is 1.38 bits per heavy atom. The maximum Gasteiger partial charge on any atom is 0.305 e. The van der Waals surface area contributed by atoms with Crippen LogP contribution in [-0.2, 0) is 4.79 Å². The summed E-state index contributed by atoms with van der Waals surface area (Å²) in [4.78, 5) is 11.8. The quantitative estimate of drug-likeness (QED) is 0.842. The number of nitrogens with zero attached hydrogens (tertiary/aromatic N) is 1. The molecule has 0 atom stereocenters. The summed E-state index contributed by atoms with van der Waals surface area (Å²) >= 11 is 0. The second-order valence-electron chi connectivity index (χ2n) is 3.29. The van der Waals surface area contributed by atoms with Gasteiger partial charge in [0.25, 0.3) is 0 Å². The normalized spacial score (nSPS) is 10.2. The maximum absolute atomic E-state index is 13.4. The minimum Gasteiger partial charge on any atom is -0.481 e. The smallest absolute Gasteiger partial charge is 0.305 e. The van der Waals surface area contributed by atoms with Crippen molar-refractivity contribution in [2.24, 2.45) is 0 Å². The average Bonchev–Trinajstić information content (AvgIpc) is 2.22. The highest BCUT2D eigenvalue weighted by molar-refractivity contribution is 5.67. The van der Waals surface area contributed by atoms with Crippen LogP contribution in [0, 0.1) is 11.6 Å². The van der Waals surface area contributed by atoms with E-state index in [2.05, 4.69) is 0 Å². The molecule has 0 amide bonds. The summed E-state index contributed by atoms with van der Waals surface area (Å²) in [7, 11) is 0. The van der Waals surface area contributed by atoms with Crippen LogP contribution in [0.5, 0.6) is 0 Å². The number of carbonyl (C=O) groups is 1. The van der Waals surface area contributed by atoms with E-state index in [1.807, 2.05) is 0 Å². The van der Waals surface area contributed by atoms with Gasteiger partial charge in [0.15, 0.2) is 0 Å². The molecular weight excluding hydrogens is 216 g/mol. The largest absolute Gasteiger partial charge is 0.481 e. The van der Waals surface area contributed by atoms with Crippen molar-refractivity contribution in [3.05, 3.63) is 29.8 Å². The third-order valence-electron chi connectivity index (χ3n) is 2.23. The van der Waals surface area contributed by atoms with Crippen LogP contribution in [0.4, 0.5) is 14.5 Å². The van der Waals surface area contributed by atoms with Gasteiger partial charge in [-0.15, -0.1) is 0 Å². The SMILES string of the molecule is CCN(CCC(=O)O)c1c(F)cccc1F. The molecule has 5 heteroatoms. The number of para-hydroxylation sites is 1. The summed E-state index contributed by atoms with van der Waals surface area (Å²) in [6.07, 6.45) is -0.151. The summed E-state index contributed by atoms with van der Waals surface area (Å²) < 4.78 is 26.8. The summed E-state index contributed by atoms with van der Waals surface area (Å²) in [6.45, 7) is 2.16. The van der Waals surface area contributed by atoms with Crippen molar-refractivity contribution in [3.8, 4) is 0 Å². The van der Waals surface area contributed by atoms with Crippen LogP contribution in [-0.4, -0.2) is 24.2 Å². The molecule has 0 aliphatic heterocycles. The second kappa shape index (κ2) is 5.44. The van der Waals surface area contributed by atoms with Crippen LogP contribution in [0.25, 0.3) is 0 Å². The monoisotopic (exact) mass is 229 g/mol. The summed E-state index contributed by atoms with van der Waals surface area (Å²) in [5.41, 5.74) is -0.161. The summed E-state index contributed by atoms with van der Waals surface area (Å²) in [5.74, 6) is -2.34. The molecule has 3 nitrogen and oxygen atoms in total. The average molecular weight is 229 g/mol. The molecule has 0 radical (unpaired) electrons. The van der Waals surface area contributed by atoms with E-state index in [9.17, 15) is 13.6 Å². The lowest BCUT2D eigenvalue weighted by Gasteiger charge is -2.23. The van der Waals surface area contributed by atoms with Crippen LogP contribution in [0.1, 0.15) is 13.3 Å². The van der Waals surface area contributed by atoms with Crippen LogP contribution in [0.3, 0.4) is 0 Å². The van der Waals surface area contributed by atoms with Gasteiger partial charge in [0.2, 0.25) is 0 Å². The molecule has 1 rings (SSSR count). The molecule has 1 N–H and O–H groups in total. The van der Waals surface area contributed by atoms with Gasteiger partial charge in [-0.3, -0.25) is 4.79 Å². The second-order valence-corrected chi connectivity index (χ2v) is 3.29. The molecule has 88 valence electrons. The molecule has 0 aliphatic rings. The maximum atomic E-state index is 13.4. The molecule has 16 heavy (non-hydrogen) atoms. The first-order chi connectivity index (χ1) is 7.56. The Morgan fingerprint density at radius 3 is 2.38 bits per heavy atom. The van der Waals surface area contributed by atoms with Gasteiger partial charge in [-0.1, -0.05) is 6.07 Å². The van der Waals surface area contributed by atoms with E-state index < -0.39 is 17.6 Å². The molecule has 0 spiro atoms. The van der Waals surface area contributed by atoms with E-state index in [0.29, 0.717) is 6.54 Å². The summed E-state index contributed by atoms with van der Waals surface area (Å²) in [5, 5.41) is 8.53. The van der Waals surface area contributed by atoms with E-state index in [1.165, 1.54) is 11.0 Å². The predicted molar refractivity (Wildman–Crippen MR) is 56.5 cm³/mol. The molecule has 0 aromatic heterocycles. The topological polar surface area (TPSA) is 40.5 Å². The molecule has 0 saturated heterocycles. The number of hydrogen-bond donors (Lipinski definition) is 1. The highest BCUT2D eigenvalue weighted by atomic mass is 19.1. The Bertz CT molecular complexity index is 362. The molecule has 0 heterocycles. The number of aliphatic carboxylic acids is 1. The number of carboxylic acid groups (broad SMARTS) is 1. The Labute approximate surface area is 92.3 Å². The Balaban J connectivity index is 2.90. The van der Waals surface area contributed by atoms with Gasteiger partial charge in [-0.05, 0) is 19.1 Å². The fraction of sp³-hybridized carbons (Fsp3) is 0.364. The zero-order valence-corrected chi connectivity index (χ0v) is 8.91. The molecule has 0 aliphatic carbocycles. The van der Waals surface area contributed by atoms with Gasteiger partial charge in [-0.2, -0.15) is 0 Å². The van der Waals surface area contributed by atoms with Crippen LogP contribution < -0.4 is 4.90 Å². The number of halogens is 2. The third-order valence-corrected chi connectivity index (χ3v) is 2.23. The van der Waals surface area contributed by atoms with Gasteiger partial charge in [-0.25, -0.2) is 8.78 Å². The van der Waals surface area contributed by atoms with E-state index in [0.717, 1.165) is 12.1 Å². The zero-order valence-electron chi connectivity index (χ0n) is 8.91. The van der Waals surface area contributed by atoms with E-state index in [1.54, 1.807) is 6.92 Å². The van der Waals surface area contributed by atoms with Crippen molar-refractivity contribution in [1.82, 2.24) is 0 Å². The molecule has 1 aromatic rings. The van der Waals surface area contributed by atoms with Crippen molar-refractivity contribution in [3.63, 3.8) is 0 Å². The van der Waals surface area contributed by atoms with Gasteiger partial charge in [0.05, 0.1) is 6.42 Å². The fourth-order valence-electron chi connectivity index (χ4n) is 1.45. The number of carboxylic acids is 1. The third kappa shape index (κ3) is 2.92. The first kappa shape index (κ1) is 12.4. The van der Waals surface area contributed by atoms with Crippen molar-refractivity contribution in [1.29, 1.82) is 0 Å². The van der Waals surface area contributed by atoms with Gasteiger partial charge < -0.3 is 10.0 Å². The molecule has 0 unspecified atom stereocenters. The predicted octanol–water partition coefficient (Wildman–Crippen LogP) is 2.27.